The van der Waals surface area contributed by atoms with Crippen LogP contribution in [0.1, 0.15) is 48.5 Å². The van der Waals surface area contributed by atoms with Crippen molar-refractivity contribution in [2.75, 3.05) is 31.9 Å². The third-order valence-electron chi connectivity index (χ3n) is 6.70. The highest BCUT2D eigenvalue weighted by Crippen LogP contribution is 2.29. The van der Waals surface area contributed by atoms with Crippen LogP contribution in [-0.4, -0.2) is 64.3 Å². The summed E-state index contributed by atoms with van der Waals surface area (Å²) in [7, 11) is 5.08. The van der Waals surface area contributed by atoms with Crippen molar-refractivity contribution in [1.82, 2.24) is 19.2 Å². The average Bonchev–Trinajstić information content (AvgIpc) is 3.49. The zero-order chi connectivity index (χ0) is 24.5. The molecule has 2 N–H and O–H groups in total. The van der Waals surface area contributed by atoms with Gasteiger partial charge in [0.25, 0.3) is 11.5 Å². The Labute approximate surface area is 202 Å². The molecule has 1 atom stereocenters. The molecule has 2 aliphatic rings. The van der Waals surface area contributed by atoms with E-state index in [2.05, 4.69) is 25.7 Å². The third-order valence-corrected chi connectivity index (χ3v) is 6.70. The lowest BCUT2D eigenvalue weighted by Crippen LogP contribution is -2.30. The molecule has 184 valence electrons. The van der Waals surface area contributed by atoms with Crippen molar-refractivity contribution in [3.05, 3.63) is 46.5 Å². The van der Waals surface area contributed by atoms with Crippen LogP contribution in [-0.2, 0) is 9.47 Å². The lowest BCUT2D eigenvalue weighted by Gasteiger charge is -2.29. The fraction of sp³-hybridized carbons (Fsp3) is 0.458. The number of amides is 1. The lowest BCUT2D eigenvalue weighted by molar-refractivity contribution is 0.0580. The standard InChI is InChI=1S/C24H29N7O4/c1-25-21-12-20(29-22-16(13-26-31(21)22)23(32)28-18-11-19(18)35-3)27-17-5-4-10-30(24(17)33)14-6-8-15(34-2)9-7-14/h4-5,10,12-15,19,25H,6-9,11H2,1-3H3,(H,27,29)/b28-18+/t14-,15-,19-/m1/s1. The van der Waals surface area contributed by atoms with E-state index in [0.717, 1.165) is 25.7 Å². The molecule has 0 bridgehead atoms. The van der Waals surface area contributed by atoms with E-state index in [1.165, 1.54) is 10.7 Å². The van der Waals surface area contributed by atoms with E-state index in [-0.39, 0.29) is 29.4 Å². The maximum Gasteiger partial charge on any atom is 0.282 e. The molecule has 2 fully saturated rings. The van der Waals surface area contributed by atoms with Gasteiger partial charge in [0.15, 0.2) is 5.65 Å². The van der Waals surface area contributed by atoms with Crippen LogP contribution in [0.3, 0.4) is 0 Å². The predicted octanol–water partition coefficient (Wildman–Crippen LogP) is 2.81. The van der Waals surface area contributed by atoms with E-state index in [0.29, 0.717) is 35.1 Å². The Morgan fingerprint density at radius 3 is 2.69 bits per heavy atom. The SMILES string of the molecule is CNc1cc(Nc2cccn([C@H]3CC[C@H](OC)CC3)c2=O)nc2c(C(=O)/N=C3\C[C@H]3OC)cnn12. The Morgan fingerprint density at radius 2 is 2.00 bits per heavy atom. The zero-order valence-electron chi connectivity index (χ0n) is 20.0. The molecule has 0 aromatic carbocycles. The van der Waals surface area contributed by atoms with Crippen LogP contribution in [0.4, 0.5) is 17.3 Å². The van der Waals surface area contributed by atoms with E-state index >= 15 is 0 Å². The van der Waals surface area contributed by atoms with E-state index < -0.39 is 5.91 Å². The van der Waals surface area contributed by atoms with Gasteiger partial charge in [-0.05, 0) is 37.8 Å². The molecule has 3 aromatic rings. The summed E-state index contributed by atoms with van der Waals surface area (Å²) in [6.45, 7) is 0. The number of nitrogens with one attached hydrogen (secondary N) is 2. The van der Waals surface area contributed by atoms with Gasteiger partial charge in [-0.3, -0.25) is 9.59 Å². The summed E-state index contributed by atoms with van der Waals surface area (Å²) in [4.78, 5) is 34.8. The van der Waals surface area contributed by atoms with Gasteiger partial charge < -0.3 is 24.7 Å². The van der Waals surface area contributed by atoms with Crippen LogP contribution in [0.15, 0.2) is 40.4 Å². The first kappa shape index (κ1) is 23.2. The Bertz CT molecular complexity index is 1340. The number of methoxy groups -OCH3 is 2. The van der Waals surface area contributed by atoms with Crippen LogP contribution in [0, 0.1) is 0 Å². The Balaban J connectivity index is 1.44. The van der Waals surface area contributed by atoms with Gasteiger partial charge in [-0.25, -0.2) is 9.98 Å². The number of nitrogens with zero attached hydrogens (tertiary/aromatic N) is 5. The van der Waals surface area contributed by atoms with E-state index in [9.17, 15) is 9.59 Å². The highest BCUT2D eigenvalue weighted by atomic mass is 16.5. The number of rotatable bonds is 7. The van der Waals surface area contributed by atoms with Crippen LogP contribution >= 0.6 is 0 Å². The maximum atomic E-state index is 13.3. The Morgan fingerprint density at radius 1 is 1.20 bits per heavy atom. The minimum Gasteiger partial charge on any atom is -0.381 e. The van der Waals surface area contributed by atoms with Crippen LogP contribution in [0.5, 0.6) is 0 Å². The molecule has 0 unspecified atom stereocenters. The topological polar surface area (TPSA) is 124 Å². The summed E-state index contributed by atoms with van der Waals surface area (Å²) in [5, 5.41) is 10.5. The molecule has 3 heterocycles. The van der Waals surface area contributed by atoms with Crippen molar-refractivity contribution in [1.29, 1.82) is 0 Å². The van der Waals surface area contributed by atoms with Gasteiger partial charge in [0, 0.05) is 46.0 Å². The molecule has 2 saturated carbocycles. The molecular weight excluding hydrogens is 450 g/mol. The molecule has 0 spiro atoms. The quantitative estimate of drug-likeness (QED) is 0.530. The molecule has 0 aliphatic heterocycles. The minimum absolute atomic E-state index is 0.0938. The van der Waals surface area contributed by atoms with Gasteiger partial charge in [-0.15, -0.1) is 0 Å². The van der Waals surface area contributed by atoms with Crippen LogP contribution < -0.4 is 16.2 Å². The van der Waals surface area contributed by atoms with Gasteiger partial charge in [0.1, 0.15) is 29.0 Å². The number of hydrogen-bond acceptors (Lipinski definition) is 8. The number of ether oxygens (including phenoxy) is 2. The van der Waals surface area contributed by atoms with Gasteiger partial charge in [0.2, 0.25) is 0 Å². The molecular formula is C24H29N7O4. The molecule has 0 saturated heterocycles. The van der Waals surface area contributed by atoms with Gasteiger partial charge >= 0.3 is 0 Å². The smallest absolute Gasteiger partial charge is 0.282 e. The second kappa shape index (κ2) is 9.59. The Kier molecular flexibility index (Phi) is 6.35. The summed E-state index contributed by atoms with van der Waals surface area (Å²) < 4.78 is 14.0. The fourth-order valence-electron chi connectivity index (χ4n) is 4.60. The Hall–Kier alpha value is -3.57. The minimum atomic E-state index is -0.421. The number of aliphatic imine (C=N–C) groups is 1. The molecule has 11 heteroatoms. The van der Waals surface area contributed by atoms with Gasteiger partial charge in [-0.1, -0.05) is 0 Å². The second-order valence-electron chi connectivity index (χ2n) is 8.83. The molecule has 1 amide bonds. The van der Waals surface area contributed by atoms with Crippen LogP contribution in [0.2, 0.25) is 0 Å². The highest BCUT2D eigenvalue weighted by molar-refractivity contribution is 6.14. The van der Waals surface area contributed by atoms with Crippen molar-refractivity contribution < 1.29 is 14.3 Å². The number of aromatic nitrogens is 4. The van der Waals surface area contributed by atoms with E-state index in [1.807, 2.05) is 12.3 Å². The summed E-state index contributed by atoms with van der Waals surface area (Å²) in [6.07, 6.45) is 7.75. The van der Waals surface area contributed by atoms with Gasteiger partial charge in [-0.2, -0.15) is 9.61 Å². The van der Waals surface area contributed by atoms with Crippen molar-refractivity contribution in [3.8, 4) is 0 Å². The van der Waals surface area contributed by atoms with E-state index in [4.69, 9.17) is 9.47 Å². The second-order valence-corrected chi connectivity index (χ2v) is 8.83. The summed E-state index contributed by atoms with van der Waals surface area (Å²) in [5.74, 6) is 0.609. The van der Waals surface area contributed by atoms with Crippen LogP contribution in [0.25, 0.3) is 5.65 Å². The summed E-state index contributed by atoms with van der Waals surface area (Å²) in [6, 6.07) is 5.46. The fourth-order valence-corrected chi connectivity index (χ4v) is 4.60. The number of pyridine rings is 1. The first-order chi connectivity index (χ1) is 17.0. The first-order valence-electron chi connectivity index (χ1n) is 11.7. The third kappa shape index (κ3) is 4.56. The monoisotopic (exact) mass is 479 g/mol. The molecule has 35 heavy (non-hydrogen) atoms. The van der Waals surface area contributed by atoms with Crippen molar-refractivity contribution in [3.63, 3.8) is 0 Å². The van der Waals surface area contributed by atoms with Crippen molar-refractivity contribution >= 4 is 34.6 Å². The van der Waals surface area contributed by atoms with Crippen molar-refractivity contribution in [2.24, 2.45) is 4.99 Å². The molecule has 0 radical (unpaired) electrons. The number of carbonyl (C=O) groups excluding carboxylic acids is 1. The highest BCUT2D eigenvalue weighted by Gasteiger charge is 2.33. The lowest BCUT2D eigenvalue weighted by atomic mass is 9.92. The molecule has 3 aromatic heterocycles. The summed E-state index contributed by atoms with van der Waals surface area (Å²) >= 11 is 0. The predicted molar refractivity (Wildman–Crippen MR) is 132 cm³/mol. The molecule has 5 rings (SSSR count). The molecule has 2 aliphatic carbocycles. The van der Waals surface area contributed by atoms with Gasteiger partial charge in [0.05, 0.1) is 18.0 Å². The van der Waals surface area contributed by atoms with E-state index in [1.54, 1.807) is 38.0 Å². The number of carbonyl (C=O) groups is 1. The normalized spacial score (nSPS) is 22.9. The zero-order valence-corrected chi connectivity index (χ0v) is 20.0. The first-order valence-corrected chi connectivity index (χ1v) is 11.7. The largest absolute Gasteiger partial charge is 0.381 e. The molecule has 11 nitrogen and oxygen atoms in total. The number of anilines is 3. The number of fused-ring (bicyclic) bond motifs is 1. The number of hydrogen-bond donors (Lipinski definition) is 2. The maximum absolute atomic E-state index is 13.3. The summed E-state index contributed by atoms with van der Waals surface area (Å²) in [5.41, 5.74) is 1.63. The average molecular weight is 480 g/mol. The van der Waals surface area contributed by atoms with Crippen molar-refractivity contribution in [2.45, 2.75) is 50.4 Å².